The van der Waals surface area contributed by atoms with Crippen molar-refractivity contribution in [2.24, 2.45) is 0 Å². The maximum absolute atomic E-state index is 6.11. The van der Waals surface area contributed by atoms with Crippen LogP contribution in [0.4, 0.5) is 0 Å². The highest BCUT2D eigenvalue weighted by Gasteiger charge is 2.21. The van der Waals surface area contributed by atoms with Crippen LogP contribution in [0.5, 0.6) is 0 Å². The number of halogens is 2. The molecule has 0 radical (unpaired) electrons. The van der Waals surface area contributed by atoms with E-state index in [2.05, 4.69) is 35.1 Å². The fourth-order valence-corrected chi connectivity index (χ4v) is 3.62. The van der Waals surface area contributed by atoms with Crippen LogP contribution in [0.2, 0.25) is 5.02 Å². The zero-order valence-corrected chi connectivity index (χ0v) is 13.5. The van der Waals surface area contributed by atoms with E-state index in [1.165, 1.54) is 4.88 Å². The van der Waals surface area contributed by atoms with Gasteiger partial charge in [0.05, 0.1) is 15.1 Å². The maximum Gasteiger partial charge on any atom is 0.128 e. The minimum Gasteiger partial charge on any atom is -0.467 e. The molecule has 2 aromatic rings. The Bertz CT molecular complexity index is 503. The number of hydrogen-bond donors (Lipinski definition) is 1. The molecule has 98 valence electrons. The van der Waals surface area contributed by atoms with Crippen molar-refractivity contribution in [1.82, 2.24) is 5.32 Å². The first-order valence-corrected chi connectivity index (χ1v) is 7.84. The number of furan rings is 1. The van der Waals surface area contributed by atoms with Gasteiger partial charge in [-0.25, -0.2) is 0 Å². The van der Waals surface area contributed by atoms with E-state index in [9.17, 15) is 0 Å². The van der Waals surface area contributed by atoms with Gasteiger partial charge in [-0.15, -0.1) is 11.3 Å². The molecule has 0 spiro atoms. The quantitative estimate of drug-likeness (QED) is 0.808. The van der Waals surface area contributed by atoms with Crippen molar-refractivity contribution < 1.29 is 4.42 Å². The van der Waals surface area contributed by atoms with Gasteiger partial charge >= 0.3 is 0 Å². The molecule has 18 heavy (non-hydrogen) atoms. The van der Waals surface area contributed by atoms with Gasteiger partial charge in [-0.2, -0.15) is 0 Å². The van der Waals surface area contributed by atoms with Crippen LogP contribution < -0.4 is 5.32 Å². The molecular formula is C13H15BrClNOS. The molecule has 2 rings (SSSR count). The molecule has 1 N–H and O–H groups in total. The highest BCUT2D eigenvalue weighted by molar-refractivity contribution is 9.11. The minimum atomic E-state index is 0.0775. The Morgan fingerprint density at radius 3 is 2.83 bits per heavy atom. The monoisotopic (exact) mass is 347 g/mol. The fraction of sp³-hybridized carbons (Fsp3) is 0.385. The van der Waals surface area contributed by atoms with E-state index in [1.807, 2.05) is 12.1 Å². The van der Waals surface area contributed by atoms with E-state index in [1.54, 1.807) is 17.6 Å². The first-order chi connectivity index (χ1) is 8.63. The highest BCUT2D eigenvalue weighted by atomic mass is 79.9. The van der Waals surface area contributed by atoms with Gasteiger partial charge in [0.1, 0.15) is 11.8 Å². The Morgan fingerprint density at radius 1 is 1.56 bits per heavy atom. The molecule has 5 heteroatoms. The fourth-order valence-electron chi connectivity index (χ4n) is 1.80. The van der Waals surface area contributed by atoms with Gasteiger partial charge in [-0.1, -0.05) is 18.5 Å². The van der Waals surface area contributed by atoms with E-state index in [0.717, 1.165) is 33.1 Å². The molecule has 0 saturated heterocycles. The van der Waals surface area contributed by atoms with Crippen LogP contribution in [0.15, 0.2) is 26.6 Å². The van der Waals surface area contributed by atoms with Gasteiger partial charge in [0, 0.05) is 4.88 Å². The molecule has 0 saturated carbocycles. The number of nitrogens with one attached hydrogen (secondary N) is 1. The van der Waals surface area contributed by atoms with Crippen molar-refractivity contribution in [1.29, 1.82) is 0 Å². The molecule has 2 aromatic heterocycles. The summed E-state index contributed by atoms with van der Waals surface area (Å²) < 4.78 is 6.58. The topological polar surface area (TPSA) is 25.2 Å². The first-order valence-electron chi connectivity index (χ1n) is 5.85. The lowest BCUT2D eigenvalue weighted by Gasteiger charge is -2.15. The van der Waals surface area contributed by atoms with Gasteiger partial charge < -0.3 is 9.73 Å². The van der Waals surface area contributed by atoms with Crippen LogP contribution in [-0.2, 0) is 0 Å². The molecule has 2 nitrogen and oxygen atoms in total. The van der Waals surface area contributed by atoms with Crippen molar-refractivity contribution in [2.75, 3.05) is 6.54 Å². The normalized spacial score (nSPS) is 12.9. The molecule has 1 unspecified atom stereocenters. The maximum atomic E-state index is 6.11. The van der Waals surface area contributed by atoms with Crippen molar-refractivity contribution in [2.45, 2.75) is 26.3 Å². The van der Waals surface area contributed by atoms with Gasteiger partial charge in [-0.3, -0.25) is 0 Å². The van der Waals surface area contributed by atoms with Crippen molar-refractivity contribution in [3.05, 3.63) is 43.4 Å². The Kier molecular flexibility index (Phi) is 4.90. The second kappa shape index (κ2) is 6.24. The van der Waals surface area contributed by atoms with Gasteiger partial charge in [0.25, 0.3) is 0 Å². The van der Waals surface area contributed by atoms with Crippen LogP contribution in [0.3, 0.4) is 0 Å². The molecule has 0 fully saturated rings. The third-order valence-electron chi connectivity index (χ3n) is 2.71. The highest BCUT2D eigenvalue weighted by Crippen LogP contribution is 2.38. The summed E-state index contributed by atoms with van der Waals surface area (Å²) in [6.45, 7) is 5.15. The minimum absolute atomic E-state index is 0.0775. The van der Waals surface area contributed by atoms with Crippen molar-refractivity contribution in [3.8, 4) is 0 Å². The van der Waals surface area contributed by atoms with Crippen LogP contribution >= 0.6 is 38.9 Å². The van der Waals surface area contributed by atoms with E-state index < -0.39 is 0 Å². The molecule has 2 heterocycles. The summed E-state index contributed by atoms with van der Waals surface area (Å²) in [6.07, 6.45) is 2.81. The van der Waals surface area contributed by atoms with Gasteiger partial charge in [-0.05, 0) is 53.5 Å². The third-order valence-corrected chi connectivity index (χ3v) is 5.25. The lowest BCUT2D eigenvalue weighted by Crippen LogP contribution is -2.22. The lowest BCUT2D eigenvalue weighted by molar-refractivity contribution is 0.447. The molecule has 0 amide bonds. The van der Waals surface area contributed by atoms with Crippen LogP contribution in [0.25, 0.3) is 0 Å². The summed E-state index contributed by atoms with van der Waals surface area (Å²) in [4.78, 5) is 1.17. The van der Waals surface area contributed by atoms with Gasteiger partial charge in [0.2, 0.25) is 0 Å². The zero-order valence-electron chi connectivity index (χ0n) is 10.3. The standard InChI is InChI=1S/C13H15BrClNOS/c1-3-5-16-11(12-8(2)4-6-17-12)10-7-9(15)13(14)18-10/h4,6-7,11,16H,3,5H2,1-2H3. The van der Waals surface area contributed by atoms with E-state index >= 15 is 0 Å². The number of hydrogen-bond acceptors (Lipinski definition) is 3. The van der Waals surface area contributed by atoms with E-state index in [4.69, 9.17) is 16.0 Å². The lowest BCUT2D eigenvalue weighted by atomic mass is 10.1. The first kappa shape index (κ1) is 14.1. The summed E-state index contributed by atoms with van der Waals surface area (Å²) in [5.74, 6) is 0.967. The SMILES string of the molecule is CCCNC(c1cc(Cl)c(Br)s1)c1occc1C. The Hall–Kier alpha value is -0.290. The Labute approximate surface area is 124 Å². The molecule has 0 aliphatic carbocycles. The Morgan fingerprint density at radius 2 is 2.33 bits per heavy atom. The molecule has 1 atom stereocenters. The largest absolute Gasteiger partial charge is 0.467 e. The predicted molar refractivity (Wildman–Crippen MR) is 80.6 cm³/mol. The number of thiophene rings is 1. The molecule has 0 bridgehead atoms. The molecule has 0 aromatic carbocycles. The van der Waals surface area contributed by atoms with Crippen molar-refractivity contribution in [3.63, 3.8) is 0 Å². The molecular weight excluding hydrogens is 334 g/mol. The van der Waals surface area contributed by atoms with E-state index in [-0.39, 0.29) is 6.04 Å². The predicted octanol–water partition coefficient (Wildman–Crippen LogP) is 5.15. The van der Waals surface area contributed by atoms with Crippen LogP contribution in [-0.4, -0.2) is 6.54 Å². The molecule has 0 aliphatic heterocycles. The van der Waals surface area contributed by atoms with Crippen molar-refractivity contribution >= 4 is 38.9 Å². The zero-order chi connectivity index (χ0) is 13.1. The van der Waals surface area contributed by atoms with Crippen LogP contribution in [0.1, 0.15) is 35.6 Å². The third kappa shape index (κ3) is 2.99. The summed E-state index contributed by atoms with van der Waals surface area (Å²) in [6, 6.07) is 4.06. The van der Waals surface area contributed by atoms with Crippen LogP contribution in [0, 0.1) is 6.92 Å². The second-order valence-electron chi connectivity index (χ2n) is 4.13. The summed E-state index contributed by atoms with van der Waals surface area (Å²) in [5.41, 5.74) is 1.16. The average Bonchev–Trinajstić information content (AvgIpc) is 2.88. The Balaban J connectivity index is 2.33. The average molecular weight is 349 g/mol. The summed E-state index contributed by atoms with van der Waals surface area (Å²) in [5, 5.41) is 4.26. The summed E-state index contributed by atoms with van der Waals surface area (Å²) >= 11 is 11.2. The second-order valence-corrected chi connectivity index (χ2v) is 6.93. The van der Waals surface area contributed by atoms with E-state index in [0.29, 0.717) is 0 Å². The number of aryl methyl sites for hydroxylation is 1. The molecule has 0 aliphatic rings. The summed E-state index contributed by atoms with van der Waals surface area (Å²) in [7, 11) is 0. The van der Waals surface area contributed by atoms with Gasteiger partial charge in [0.15, 0.2) is 0 Å². The number of rotatable bonds is 5. The smallest absolute Gasteiger partial charge is 0.128 e.